The van der Waals surface area contributed by atoms with E-state index >= 15 is 0 Å². The van der Waals surface area contributed by atoms with Gasteiger partial charge < -0.3 is 9.47 Å². The summed E-state index contributed by atoms with van der Waals surface area (Å²) < 4.78 is 9.50. The Morgan fingerprint density at radius 2 is 1.91 bits per heavy atom. The fourth-order valence-electron chi connectivity index (χ4n) is 2.24. The minimum atomic E-state index is -1.03. The van der Waals surface area contributed by atoms with Crippen LogP contribution in [-0.4, -0.2) is 43.7 Å². The van der Waals surface area contributed by atoms with Crippen LogP contribution in [0.3, 0.4) is 0 Å². The molecule has 0 N–H and O–H groups in total. The predicted octanol–water partition coefficient (Wildman–Crippen LogP) is 1.75. The first-order valence-electron chi connectivity index (χ1n) is 6.89. The topological polar surface area (TPSA) is 99.0 Å². The predicted molar refractivity (Wildman–Crippen MR) is 83.4 cm³/mol. The van der Waals surface area contributed by atoms with E-state index < -0.39 is 22.8 Å². The van der Waals surface area contributed by atoms with Crippen LogP contribution in [0.25, 0.3) is 0 Å². The first-order chi connectivity index (χ1) is 10.8. The summed E-state index contributed by atoms with van der Waals surface area (Å²) in [5.41, 5.74) is 1.13. The van der Waals surface area contributed by atoms with Crippen LogP contribution in [0.2, 0.25) is 0 Å². The van der Waals surface area contributed by atoms with Gasteiger partial charge in [-0.2, -0.15) is 0 Å². The van der Waals surface area contributed by atoms with Crippen molar-refractivity contribution in [2.24, 2.45) is 0 Å². The lowest BCUT2D eigenvalue weighted by atomic mass is 10.0. The van der Waals surface area contributed by atoms with Gasteiger partial charge in [0.25, 0.3) is 11.6 Å². The number of rotatable bonds is 6. The third kappa shape index (κ3) is 3.84. The van der Waals surface area contributed by atoms with Crippen molar-refractivity contribution in [2.75, 3.05) is 25.7 Å². The van der Waals surface area contributed by atoms with Crippen LogP contribution in [0.15, 0.2) is 12.1 Å². The summed E-state index contributed by atoms with van der Waals surface area (Å²) in [6.07, 6.45) is 0. The average molecular weight is 324 g/mol. The molecule has 126 valence electrons. The number of nitro groups is 1. The van der Waals surface area contributed by atoms with Crippen molar-refractivity contribution < 1.29 is 24.0 Å². The molecule has 8 heteroatoms. The molecule has 0 bridgehead atoms. The number of nitrogens with zero attached hydrogens (tertiary/aromatic N) is 2. The number of benzene rings is 1. The van der Waals surface area contributed by atoms with E-state index in [0.717, 1.165) is 10.5 Å². The lowest BCUT2D eigenvalue weighted by Gasteiger charge is -2.28. The molecule has 0 aliphatic heterocycles. The number of amides is 1. The number of methoxy groups -OCH3 is 2. The van der Waals surface area contributed by atoms with Crippen LogP contribution >= 0.6 is 0 Å². The second-order valence-electron chi connectivity index (χ2n) is 5.03. The molecular formula is C15H20N2O6. The zero-order valence-corrected chi connectivity index (χ0v) is 13.8. The summed E-state index contributed by atoms with van der Waals surface area (Å²) in [7, 11) is 2.52. The van der Waals surface area contributed by atoms with Gasteiger partial charge in [0.2, 0.25) is 0 Å². The first-order valence-corrected chi connectivity index (χ1v) is 6.89. The molecule has 0 saturated carbocycles. The molecule has 1 amide bonds. The van der Waals surface area contributed by atoms with Gasteiger partial charge in [-0.05, 0) is 31.9 Å². The number of esters is 1. The molecule has 0 fully saturated rings. The maximum Gasteiger partial charge on any atom is 0.328 e. The molecule has 1 unspecified atom stereocenters. The van der Waals surface area contributed by atoms with Gasteiger partial charge >= 0.3 is 5.97 Å². The number of nitro benzene ring substituents is 1. The van der Waals surface area contributed by atoms with Crippen molar-refractivity contribution in [3.8, 4) is 0 Å². The van der Waals surface area contributed by atoms with Crippen LogP contribution in [0.4, 0.5) is 11.4 Å². The van der Waals surface area contributed by atoms with Crippen LogP contribution in [-0.2, 0) is 19.1 Å². The van der Waals surface area contributed by atoms with E-state index in [4.69, 9.17) is 4.74 Å². The van der Waals surface area contributed by atoms with Gasteiger partial charge in [0.05, 0.1) is 12.0 Å². The molecule has 0 saturated heterocycles. The monoisotopic (exact) mass is 324 g/mol. The Morgan fingerprint density at radius 3 is 2.39 bits per heavy atom. The highest BCUT2D eigenvalue weighted by molar-refractivity contribution is 6.02. The summed E-state index contributed by atoms with van der Waals surface area (Å²) in [5.74, 6) is -1.24. The third-order valence-electron chi connectivity index (χ3n) is 3.58. The lowest BCUT2D eigenvalue weighted by Crippen LogP contribution is -2.46. The van der Waals surface area contributed by atoms with Crippen molar-refractivity contribution in [2.45, 2.75) is 26.8 Å². The fraction of sp³-hybridized carbons (Fsp3) is 0.467. The summed E-state index contributed by atoms with van der Waals surface area (Å²) in [4.78, 5) is 36.1. The maximum absolute atomic E-state index is 12.4. The highest BCUT2D eigenvalue weighted by Crippen LogP contribution is 2.35. The second-order valence-corrected chi connectivity index (χ2v) is 5.03. The molecule has 0 aromatic heterocycles. The number of ether oxygens (including phenoxy) is 2. The molecule has 0 aliphatic carbocycles. The zero-order chi connectivity index (χ0) is 17.7. The van der Waals surface area contributed by atoms with E-state index in [0.29, 0.717) is 5.56 Å². The third-order valence-corrected chi connectivity index (χ3v) is 3.58. The normalized spacial score (nSPS) is 11.7. The van der Waals surface area contributed by atoms with Gasteiger partial charge in [-0.1, -0.05) is 6.07 Å². The Morgan fingerprint density at radius 1 is 1.30 bits per heavy atom. The number of aryl methyl sites for hydroxylation is 1. The van der Waals surface area contributed by atoms with Crippen molar-refractivity contribution in [1.82, 2.24) is 0 Å². The minimum Gasteiger partial charge on any atom is -0.467 e. The molecule has 1 aromatic rings. The van der Waals surface area contributed by atoms with Gasteiger partial charge in [0.15, 0.2) is 0 Å². The molecule has 1 atom stereocenters. The summed E-state index contributed by atoms with van der Waals surface area (Å²) >= 11 is 0. The Labute approximate surface area is 134 Å². The second kappa shape index (κ2) is 7.68. The molecule has 1 aromatic carbocycles. The van der Waals surface area contributed by atoms with Gasteiger partial charge in [0, 0.05) is 13.2 Å². The summed E-state index contributed by atoms with van der Waals surface area (Å²) in [6, 6.07) is 1.88. The number of hydrogen-bond acceptors (Lipinski definition) is 6. The number of carbonyl (C=O) groups excluding carboxylic acids is 2. The zero-order valence-electron chi connectivity index (χ0n) is 13.8. The van der Waals surface area contributed by atoms with E-state index in [1.54, 1.807) is 19.9 Å². The minimum absolute atomic E-state index is 0.0787. The highest BCUT2D eigenvalue weighted by Gasteiger charge is 2.34. The highest BCUT2D eigenvalue weighted by atomic mass is 16.6. The van der Waals surface area contributed by atoms with E-state index in [-0.39, 0.29) is 18.0 Å². The van der Waals surface area contributed by atoms with Crippen LogP contribution < -0.4 is 4.90 Å². The van der Waals surface area contributed by atoms with Gasteiger partial charge in [0.1, 0.15) is 18.3 Å². The van der Waals surface area contributed by atoms with Crippen molar-refractivity contribution in [1.29, 1.82) is 0 Å². The Kier molecular flexibility index (Phi) is 6.20. The molecule has 23 heavy (non-hydrogen) atoms. The summed E-state index contributed by atoms with van der Waals surface area (Å²) in [5, 5.41) is 11.4. The maximum atomic E-state index is 12.4. The fourth-order valence-corrected chi connectivity index (χ4v) is 2.24. The number of hydrogen-bond donors (Lipinski definition) is 0. The van der Waals surface area contributed by atoms with Gasteiger partial charge in [-0.25, -0.2) is 4.79 Å². The van der Waals surface area contributed by atoms with E-state index in [9.17, 15) is 19.7 Å². The molecule has 0 spiro atoms. The summed E-state index contributed by atoms with van der Waals surface area (Å²) in [6.45, 7) is 4.57. The Balaban J connectivity index is 3.59. The standard InChI is InChI=1S/C15H20N2O6/c1-9-6-7-12(17(20)21)14(10(9)2)16(13(18)8-22-4)11(3)15(19)23-5/h6-7,11H,8H2,1-5H3. The molecule has 0 heterocycles. The van der Waals surface area contributed by atoms with Crippen molar-refractivity contribution >= 4 is 23.3 Å². The van der Waals surface area contributed by atoms with Crippen LogP contribution in [0.5, 0.6) is 0 Å². The molecule has 0 radical (unpaired) electrons. The smallest absolute Gasteiger partial charge is 0.328 e. The van der Waals surface area contributed by atoms with E-state index in [1.165, 1.54) is 27.2 Å². The van der Waals surface area contributed by atoms with Crippen molar-refractivity contribution in [3.05, 3.63) is 33.4 Å². The van der Waals surface area contributed by atoms with Gasteiger partial charge in [-0.15, -0.1) is 0 Å². The first kappa shape index (κ1) is 18.6. The number of anilines is 1. The molecule has 8 nitrogen and oxygen atoms in total. The Bertz CT molecular complexity index is 629. The van der Waals surface area contributed by atoms with Crippen LogP contribution in [0.1, 0.15) is 18.1 Å². The van der Waals surface area contributed by atoms with Gasteiger partial charge in [-0.3, -0.25) is 19.8 Å². The number of carbonyl (C=O) groups is 2. The largest absolute Gasteiger partial charge is 0.467 e. The van der Waals surface area contributed by atoms with E-state index in [2.05, 4.69) is 4.74 Å². The molecular weight excluding hydrogens is 304 g/mol. The average Bonchev–Trinajstić information content (AvgIpc) is 2.50. The molecule has 0 aliphatic rings. The Hall–Kier alpha value is -2.48. The van der Waals surface area contributed by atoms with E-state index in [1.807, 2.05) is 0 Å². The van der Waals surface area contributed by atoms with Crippen molar-refractivity contribution in [3.63, 3.8) is 0 Å². The quantitative estimate of drug-likeness (QED) is 0.449. The van der Waals surface area contributed by atoms with Crippen LogP contribution in [0, 0.1) is 24.0 Å². The SMILES string of the molecule is COCC(=O)N(c1c([N+](=O)[O-])ccc(C)c1C)C(C)C(=O)OC. The lowest BCUT2D eigenvalue weighted by molar-refractivity contribution is -0.384. The molecule has 1 rings (SSSR count).